The van der Waals surface area contributed by atoms with E-state index < -0.39 is 0 Å². The SMILES string of the molecule is CCCN1C(=O)S/C(=C/c2c(C)n(Cc3ccc(Br)cc3)c3ccccc23)C1=O. The number of rotatable bonds is 5. The summed E-state index contributed by atoms with van der Waals surface area (Å²) in [6.07, 6.45) is 2.65. The molecule has 6 heteroatoms. The highest BCUT2D eigenvalue weighted by Crippen LogP contribution is 2.35. The first-order chi connectivity index (χ1) is 14.0. The molecule has 148 valence electrons. The van der Waals surface area contributed by atoms with E-state index in [0.717, 1.165) is 51.4 Å². The summed E-state index contributed by atoms with van der Waals surface area (Å²) in [5, 5.41) is 0.906. The zero-order valence-electron chi connectivity index (χ0n) is 16.3. The summed E-state index contributed by atoms with van der Waals surface area (Å²) in [4.78, 5) is 26.7. The molecule has 1 aliphatic heterocycles. The molecular formula is C23H21BrN2O2S. The summed E-state index contributed by atoms with van der Waals surface area (Å²) in [7, 11) is 0. The second-order valence-corrected chi connectivity index (χ2v) is 8.97. The van der Waals surface area contributed by atoms with Crippen LogP contribution < -0.4 is 0 Å². The van der Waals surface area contributed by atoms with E-state index in [2.05, 4.69) is 51.7 Å². The second kappa shape index (κ2) is 8.20. The Kier molecular flexibility index (Phi) is 5.65. The number of nitrogens with zero attached hydrogens (tertiary/aromatic N) is 2. The molecule has 2 heterocycles. The molecule has 3 aromatic rings. The van der Waals surface area contributed by atoms with Crippen LogP contribution in [0.1, 0.15) is 30.2 Å². The Morgan fingerprint density at radius 3 is 2.52 bits per heavy atom. The third kappa shape index (κ3) is 3.79. The Balaban J connectivity index is 1.78. The van der Waals surface area contributed by atoms with Crippen molar-refractivity contribution in [3.05, 3.63) is 74.7 Å². The Morgan fingerprint density at radius 2 is 1.79 bits per heavy atom. The van der Waals surface area contributed by atoms with Gasteiger partial charge in [-0.2, -0.15) is 0 Å². The van der Waals surface area contributed by atoms with Gasteiger partial charge in [0.1, 0.15) is 0 Å². The van der Waals surface area contributed by atoms with Crippen molar-refractivity contribution in [2.45, 2.75) is 26.8 Å². The van der Waals surface area contributed by atoms with E-state index in [0.29, 0.717) is 11.4 Å². The molecule has 1 aliphatic rings. The number of hydrogen-bond acceptors (Lipinski definition) is 3. The molecule has 2 aromatic carbocycles. The van der Waals surface area contributed by atoms with Crippen molar-refractivity contribution in [1.29, 1.82) is 0 Å². The number of fused-ring (bicyclic) bond motifs is 1. The van der Waals surface area contributed by atoms with Gasteiger partial charge in [0.15, 0.2) is 0 Å². The van der Waals surface area contributed by atoms with Gasteiger partial charge < -0.3 is 4.57 Å². The van der Waals surface area contributed by atoms with E-state index >= 15 is 0 Å². The molecule has 1 fully saturated rings. The van der Waals surface area contributed by atoms with Crippen molar-refractivity contribution in [2.24, 2.45) is 0 Å². The first-order valence-corrected chi connectivity index (χ1v) is 11.2. The summed E-state index contributed by atoms with van der Waals surface area (Å²) in [6, 6.07) is 16.5. The Bertz CT molecular complexity index is 1130. The van der Waals surface area contributed by atoms with Crippen LogP contribution in [0.15, 0.2) is 57.9 Å². The van der Waals surface area contributed by atoms with Gasteiger partial charge in [-0.25, -0.2) is 0 Å². The van der Waals surface area contributed by atoms with E-state index in [4.69, 9.17) is 0 Å². The van der Waals surface area contributed by atoms with Crippen molar-refractivity contribution in [1.82, 2.24) is 9.47 Å². The standard InChI is InChI=1S/C23H21BrN2O2S/c1-3-12-25-22(27)21(29-23(25)28)13-19-15(2)26(20-7-5-4-6-18(19)20)14-16-8-10-17(24)11-9-16/h4-11,13H,3,12,14H2,1-2H3/b21-13+. The number of amides is 2. The van der Waals surface area contributed by atoms with Gasteiger partial charge in [0.25, 0.3) is 11.1 Å². The molecule has 0 bridgehead atoms. The molecule has 4 rings (SSSR count). The van der Waals surface area contributed by atoms with Crippen LogP contribution in [0.2, 0.25) is 0 Å². The van der Waals surface area contributed by atoms with Crippen LogP contribution in [0.25, 0.3) is 17.0 Å². The predicted octanol–water partition coefficient (Wildman–Crippen LogP) is 6.21. The molecule has 0 aliphatic carbocycles. The third-order valence-corrected chi connectivity index (χ3v) is 6.57. The lowest BCUT2D eigenvalue weighted by molar-refractivity contribution is -0.122. The van der Waals surface area contributed by atoms with Gasteiger partial charge >= 0.3 is 0 Å². The summed E-state index contributed by atoms with van der Waals surface area (Å²) < 4.78 is 3.32. The minimum Gasteiger partial charge on any atom is -0.340 e. The summed E-state index contributed by atoms with van der Waals surface area (Å²) in [5.74, 6) is -0.189. The first kappa shape index (κ1) is 20.0. The number of halogens is 1. The van der Waals surface area contributed by atoms with Crippen molar-refractivity contribution >= 4 is 55.8 Å². The Morgan fingerprint density at radius 1 is 1.07 bits per heavy atom. The normalized spacial score (nSPS) is 15.8. The Labute approximate surface area is 182 Å². The highest BCUT2D eigenvalue weighted by molar-refractivity contribution is 9.10. The lowest BCUT2D eigenvalue weighted by Crippen LogP contribution is -2.28. The number of para-hydroxylation sites is 1. The van der Waals surface area contributed by atoms with Gasteiger partial charge in [0.05, 0.1) is 4.91 Å². The van der Waals surface area contributed by atoms with Gasteiger partial charge in [-0.15, -0.1) is 0 Å². The zero-order valence-corrected chi connectivity index (χ0v) is 18.7. The smallest absolute Gasteiger partial charge is 0.293 e. The van der Waals surface area contributed by atoms with E-state index in [-0.39, 0.29) is 11.1 Å². The van der Waals surface area contributed by atoms with E-state index in [1.807, 2.05) is 37.3 Å². The quantitative estimate of drug-likeness (QED) is 0.418. The molecule has 0 spiro atoms. The molecule has 1 saturated heterocycles. The van der Waals surface area contributed by atoms with Gasteiger partial charge in [-0.1, -0.05) is 53.2 Å². The van der Waals surface area contributed by atoms with Crippen LogP contribution in [0.4, 0.5) is 4.79 Å². The first-order valence-electron chi connectivity index (χ1n) is 9.57. The molecule has 0 N–H and O–H groups in total. The van der Waals surface area contributed by atoms with Crippen LogP contribution in [0.3, 0.4) is 0 Å². The predicted molar refractivity (Wildman–Crippen MR) is 123 cm³/mol. The minimum atomic E-state index is -0.189. The molecule has 0 unspecified atom stereocenters. The lowest BCUT2D eigenvalue weighted by Gasteiger charge is -2.10. The number of thioether (sulfide) groups is 1. The highest BCUT2D eigenvalue weighted by atomic mass is 79.9. The molecule has 0 radical (unpaired) electrons. The van der Waals surface area contributed by atoms with Gasteiger partial charge in [0, 0.05) is 39.7 Å². The van der Waals surface area contributed by atoms with Gasteiger partial charge in [-0.05, 0) is 54.9 Å². The lowest BCUT2D eigenvalue weighted by atomic mass is 10.1. The van der Waals surface area contributed by atoms with Crippen LogP contribution in [-0.2, 0) is 11.3 Å². The molecule has 29 heavy (non-hydrogen) atoms. The topological polar surface area (TPSA) is 42.3 Å². The molecular weight excluding hydrogens is 448 g/mol. The highest BCUT2D eigenvalue weighted by Gasteiger charge is 2.34. The zero-order chi connectivity index (χ0) is 20.5. The average Bonchev–Trinajstić information content (AvgIpc) is 3.13. The molecule has 4 nitrogen and oxygen atoms in total. The number of imide groups is 1. The van der Waals surface area contributed by atoms with Crippen LogP contribution in [0.5, 0.6) is 0 Å². The fourth-order valence-corrected chi connectivity index (χ4v) is 4.77. The summed E-state index contributed by atoms with van der Waals surface area (Å²) >= 11 is 4.52. The Hall–Kier alpha value is -2.31. The van der Waals surface area contributed by atoms with Crippen LogP contribution in [-0.4, -0.2) is 27.2 Å². The van der Waals surface area contributed by atoms with Crippen molar-refractivity contribution in [3.8, 4) is 0 Å². The summed E-state index contributed by atoms with van der Waals surface area (Å²) in [6.45, 7) is 5.24. The van der Waals surface area contributed by atoms with Gasteiger partial charge in [0.2, 0.25) is 0 Å². The average molecular weight is 469 g/mol. The molecule has 0 saturated carbocycles. The molecule has 1 aromatic heterocycles. The van der Waals surface area contributed by atoms with E-state index in [1.165, 1.54) is 10.5 Å². The fraction of sp³-hybridized carbons (Fsp3) is 0.217. The van der Waals surface area contributed by atoms with Crippen molar-refractivity contribution in [3.63, 3.8) is 0 Å². The number of benzene rings is 2. The van der Waals surface area contributed by atoms with Crippen molar-refractivity contribution in [2.75, 3.05) is 6.54 Å². The van der Waals surface area contributed by atoms with Crippen LogP contribution >= 0.6 is 27.7 Å². The summed E-state index contributed by atoms with van der Waals surface area (Å²) in [5.41, 5.74) is 4.40. The number of aromatic nitrogens is 1. The van der Waals surface area contributed by atoms with Crippen LogP contribution in [0, 0.1) is 6.92 Å². The van der Waals surface area contributed by atoms with E-state index in [9.17, 15) is 9.59 Å². The van der Waals surface area contributed by atoms with E-state index in [1.54, 1.807) is 0 Å². The number of hydrogen-bond donors (Lipinski definition) is 0. The minimum absolute atomic E-state index is 0.181. The maximum Gasteiger partial charge on any atom is 0.293 e. The largest absolute Gasteiger partial charge is 0.340 e. The number of carbonyl (C=O) groups is 2. The monoisotopic (exact) mass is 468 g/mol. The second-order valence-electron chi connectivity index (χ2n) is 7.06. The van der Waals surface area contributed by atoms with Gasteiger partial charge in [-0.3, -0.25) is 14.5 Å². The number of carbonyl (C=O) groups excluding carboxylic acids is 2. The third-order valence-electron chi connectivity index (χ3n) is 5.13. The molecule has 2 amide bonds. The van der Waals surface area contributed by atoms with Crippen molar-refractivity contribution < 1.29 is 9.59 Å². The fourth-order valence-electron chi connectivity index (χ4n) is 3.66. The maximum atomic E-state index is 12.7. The maximum absolute atomic E-state index is 12.7. The molecule has 0 atom stereocenters.